The van der Waals surface area contributed by atoms with Gasteiger partial charge in [0.1, 0.15) is 6.54 Å². The van der Waals surface area contributed by atoms with Gasteiger partial charge in [-0.2, -0.15) is 13.2 Å². The van der Waals surface area contributed by atoms with Gasteiger partial charge in [-0.1, -0.05) is 30.3 Å². The number of nitrogens with one attached hydrogen (secondary N) is 1. The maximum Gasteiger partial charge on any atom is 0.405 e. The third-order valence-electron chi connectivity index (χ3n) is 4.15. The number of aryl methyl sites for hydroxylation is 1. The normalized spacial score (nSPS) is 16.0. The topological polar surface area (TPSA) is 49.4 Å². The van der Waals surface area contributed by atoms with E-state index in [1.807, 2.05) is 35.6 Å². The van der Waals surface area contributed by atoms with E-state index in [9.17, 15) is 22.8 Å². The van der Waals surface area contributed by atoms with Gasteiger partial charge in [0.05, 0.1) is 0 Å². The lowest BCUT2D eigenvalue weighted by atomic mass is 9.95. The van der Waals surface area contributed by atoms with Crippen LogP contribution in [0.3, 0.4) is 0 Å². The number of alkyl halides is 3. The molecule has 1 fully saturated rings. The van der Waals surface area contributed by atoms with Crippen molar-refractivity contribution in [1.29, 1.82) is 0 Å². The fourth-order valence-electron chi connectivity index (χ4n) is 2.78. The molecule has 0 bridgehead atoms. The molecular formula is C17H21F3N2O2. The van der Waals surface area contributed by atoms with Crippen molar-refractivity contribution in [3.63, 3.8) is 0 Å². The third kappa shape index (κ3) is 5.86. The van der Waals surface area contributed by atoms with Crippen molar-refractivity contribution in [3.8, 4) is 0 Å². The van der Waals surface area contributed by atoms with E-state index in [4.69, 9.17) is 0 Å². The van der Waals surface area contributed by atoms with Crippen LogP contribution in [0.15, 0.2) is 30.3 Å². The number of halogens is 3. The second-order valence-electron chi connectivity index (χ2n) is 5.97. The molecule has 2 amide bonds. The highest BCUT2D eigenvalue weighted by atomic mass is 19.4. The third-order valence-corrected chi connectivity index (χ3v) is 4.15. The molecule has 0 unspecified atom stereocenters. The zero-order chi connectivity index (χ0) is 17.6. The van der Waals surface area contributed by atoms with Gasteiger partial charge >= 0.3 is 6.18 Å². The molecule has 0 spiro atoms. The van der Waals surface area contributed by atoms with Crippen LogP contribution < -0.4 is 5.32 Å². The van der Waals surface area contributed by atoms with E-state index in [1.54, 1.807) is 4.90 Å². The van der Waals surface area contributed by atoms with Gasteiger partial charge in [-0.15, -0.1) is 0 Å². The van der Waals surface area contributed by atoms with Gasteiger partial charge in [-0.25, -0.2) is 0 Å². The molecule has 7 heteroatoms. The van der Waals surface area contributed by atoms with Gasteiger partial charge in [0, 0.05) is 25.4 Å². The average molecular weight is 342 g/mol. The van der Waals surface area contributed by atoms with E-state index in [-0.39, 0.29) is 5.91 Å². The fraction of sp³-hybridized carbons (Fsp3) is 0.529. The standard InChI is InChI=1S/C17H21F3N2O2/c18-17(19,20)12-21-16(24)14-8-10-22(11-9-14)15(23)7-6-13-4-2-1-3-5-13/h1-5,14H,6-12H2,(H,21,24). The van der Waals surface area contributed by atoms with Crippen LogP contribution in [0.25, 0.3) is 0 Å². The summed E-state index contributed by atoms with van der Waals surface area (Å²) in [6.07, 6.45) is -2.54. The summed E-state index contributed by atoms with van der Waals surface area (Å²) in [7, 11) is 0. The van der Waals surface area contributed by atoms with Crippen molar-refractivity contribution >= 4 is 11.8 Å². The van der Waals surface area contributed by atoms with Crippen molar-refractivity contribution in [2.75, 3.05) is 19.6 Å². The summed E-state index contributed by atoms with van der Waals surface area (Å²) in [5.74, 6) is -1.01. The summed E-state index contributed by atoms with van der Waals surface area (Å²) in [5, 5.41) is 1.92. The molecule has 1 aromatic rings. The first-order chi connectivity index (χ1) is 11.3. The zero-order valence-electron chi connectivity index (χ0n) is 13.3. The number of carbonyl (C=O) groups is 2. The molecule has 1 aliphatic heterocycles. The summed E-state index contributed by atoms with van der Waals surface area (Å²) >= 11 is 0. The van der Waals surface area contributed by atoms with E-state index in [0.717, 1.165) is 5.56 Å². The Morgan fingerprint density at radius 1 is 1.12 bits per heavy atom. The van der Waals surface area contributed by atoms with Gasteiger partial charge in [0.25, 0.3) is 0 Å². The highest BCUT2D eigenvalue weighted by Gasteiger charge is 2.31. The minimum atomic E-state index is -4.40. The van der Waals surface area contributed by atoms with Gasteiger partial charge in [0.15, 0.2) is 0 Å². The Morgan fingerprint density at radius 3 is 2.33 bits per heavy atom. The molecule has 1 aromatic carbocycles. The lowest BCUT2D eigenvalue weighted by Crippen LogP contribution is -2.44. The smallest absolute Gasteiger partial charge is 0.347 e. The van der Waals surface area contributed by atoms with Crippen LogP contribution in [0.4, 0.5) is 13.2 Å². The van der Waals surface area contributed by atoms with E-state index < -0.39 is 24.5 Å². The quantitative estimate of drug-likeness (QED) is 0.894. The second kappa shape index (κ2) is 8.17. The van der Waals surface area contributed by atoms with Crippen molar-refractivity contribution in [1.82, 2.24) is 10.2 Å². The van der Waals surface area contributed by atoms with Crippen LogP contribution in [0.5, 0.6) is 0 Å². The Morgan fingerprint density at radius 2 is 1.75 bits per heavy atom. The van der Waals surface area contributed by atoms with E-state index in [2.05, 4.69) is 0 Å². The van der Waals surface area contributed by atoms with Gasteiger partial charge in [-0.3, -0.25) is 9.59 Å². The van der Waals surface area contributed by atoms with Crippen LogP contribution >= 0.6 is 0 Å². The molecular weight excluding hydrogens is 321 g/mol. The maximum atomic E-state index is 12.2. The predicted octanol–water partition coefficient (Wildman–Crippen LogP) is 2.54. The molecule has 132 valence electrons. The van der Waals surface area contributed by atoms with E-state index >= 15 is 0 Å². The summed E-state index contributed by atoms with van der Waals surface area (Å²) in [6, 6.07) is 9.69. The number of hydrogen-bond donors (Lipinski definition) is 1. The van der Waals surface area contributed by atoms with E-state index in [0.29, 0.717) is 38.8 Å². The fourth-order valence-corrected chi connectivity index (χ4v) is 2.78. The molecule has 4 nitrogen and oxygen atoms in total. The predicted molar refractivity (Wildman–Crippen MR) is 83.1 cm³/mol. The minimum Gasteiger partial charge on any atom is -0.347 e. The Hall–Kier alpha value is -2.05. The van der Waals surface area contributed by atoms with Gasteiger partial charge in [-0.05, 0) is 24.8 Å². The number of nitrogens with zero attached hydrogens (tertiary/aromatic N) is 1. The summed E-state index contributed by atoms with van der Waals surface area (Å²) in [6.45, 7) is -0.475. The number of benzene rings is 1. The van der Waals surface area contributed by atoms with Crippen molar-refractivity contribution in [2.45, 2.75) is 31.9 Å². The largest absolute Gasteiger partial charge is 0.405 e. The molecule has 0 atom stereocenters. The van der Waals surface area contributed by atoms with E-state index in [1.165, 1.54) is 0 Å². The molecule has 0 radical (unpaired) electrons. The Labute approximate surface area is 139 Å². The van der Waals surface area contributed by atoms with Crippen molar-refractivity contribution in [2.24, 2.45) is 5.92 Å². The monoisotopic (exact) mass is 342 g/mol. The van der Waals surface area contributed by atoms with Gasteiger partial charge < -0.3 is 10.2 Å². The molecule has 1 N–H and O–H groups in total. The Bertz CT molecular complexity index is 553. The van der Waals surface area contributed by atoms with Crippen LogP contribution in [-0.4, -0.2) is 42.5 Å². The lowest BCUT2D eigenvalue weighted by molar-refractivity contribution is -0.143. The first-order valence-corrected chi connectivity index (χ1v) is 8.01. The average Bonchev–Trinajstić information content (AvgIpc) is 2.58. The summed E-state index contributed by atoms with van der Waals surface area (Å²) in [5.41, 5.74) is 1.09. The maximum absolute atomic E-state index is 12.2. The minimum absolute atomic E-state index is 0.0213. The summed E-state index contributed by atoms with van der Waals surface area (Å²) in [4.78, 5) is 25.6. The number of likely N-dealkylation sites (tertiary alicyclic amines) is 1. The number of carbonyl (C=O) groups excluding carboxylic acids is 2. The Balaban J connectivity index is 1.71. The van der Waals surface area contributed by atoms with Crippen molar-refractivity contribution < 1.29 is 22.8 Å². The molecule has 0 aliphatic carbocycles. The SMILES string of the molecule is O=C(NCC(F)(F)F)C1CCN(C(=O)CCc2ccccc2)CC1. The van der Waals surface area contributed by atoms with Gasteiger partial charge in [0.2, 0.25) is 11.8 Å². The molecule has 1 heterocycles. The molecule has 0 saturated carbocycles. The van der Waals surface area contributed by atoms with Crippen LogP contribution in [0.1, 0.15) is 24.8 Å². The highest BCUT2D eigenvalue weighted by molar-refractivity contribution is 5.80. The molecule has 24 heavy (non-hydrogen) atoms. The molecule has 2 rings (SSSR count). The number of hydrogen-bond acceptors (Lipinski definition) is 2. The van der Waals surface area contributed by atoms with Crippen molar-refractivity contribution in [3.05, 3.63) is 35.9 Å². The first-order valence-electron chi connectivity index (χ1n) is 8.01. The summed E-state index contributed by atoms with van der Waals surface area (Å²) < 4.78 is 36.3. The Kier molecular flexibility index (Phi) is 6.23. The second-order valence-corrected chi connectivity index (χ2v) is 5.97. The molecule has 1 aliphatic rings. The van der Waals surface area contributed by atoms with Crippen LogP contribution in [0.2, 0.25) is 0 Å². The number of amides is 2. The zero-order valence-corrected chi connectivity index (χ0v) is 13.3. The molecule has 0 aromatic heterocycles. The first kappa shape index (κ1) is 18.3. The number of piperidine rings is 1. The number of rotatable bonds is 5. The highest BCUT2D eigenvalue weighted by Crippen LogP contribution is 2.19. The lowest BCUT2D eigenvalue weighted by Gasteiger charge is -2.31. The van der Waals surface area contributed by atoms with Crippen LogP contribution in [0, 0.1) is 5.92 Å². The van der Waals surface area contributed by atoms with Crippen LogP contribution in [-0.2, 0) is 16.0 Å². The molecule has 1 saturated heterocycles.